The van der Waals surface area contributed by atoms with Crippen LogP contribution in [0.15, 0.2) is 6.33 Å². The summed E-state index contributed by atoms with van der Waals surface area (Å²) < 4.78 is 0. The van der Waals surface area contributed by atoms with Crippen LogP contribution in [0.25, 0.3) is 11.0 Å². The number of anilines is 1. The van der Waals surface area contributed by atoms with Crippen molar-refractivity contribution in [2.45, 2.75) is 39.5 Å². The van der Waals surface area contributed by atoms with Gasteiger partial charge in [0.1, 0.15) is 11.8 Å². The van der Waals surface area contributed by atoms with Crippen molar-refractivity contribution in [2.24, 2.45) is 0 Å². The molecule has 0 bridgehead atoms. The maximum absolute atomic E-state index is 4.28. The van der Waals surface area contributed by atoms with Gasteiger partial charge in [-0.05, 0) is 12.8 Å². The molecular formula is C12H19N5. The number of fused-ring (bicyclic) bond motifs is 1. The first-order chi connectivity index (χ1) is 8.36. The summed E-state index contributed by atoms with van der Waals surface area (Å²) in [5, 5.41) is 10.6. The van der Waals surface area contributed by atoms with Gasteiger partial charge < -0.3 is 5.32 Å². The number of hydrogen-bond acceptors (Lipinski definition) is 4. The zero-order chi connectivity index (χ0) is 12.1. The quantitative estimate of drug-likeness (QED) is 0.752. The molecule has 5 nitrogen and oxygen atoms in total. The molecule has 0 radical (unpaired) electrons. The fourth-order valence-corrected chi connectivity index (χ4v) is 1.84. The average Bonchev–Trinajstić information content (AvgIpc) is 2.78. The van der Waals surface area contributed by atoms with Crippen LogP contribution in [0.3, 0.4) is 0 Å². The fraction of sp³-hybridized carbons (Fsp3) is 0.583. The van der Waals surface area contributed by atoms with Crippen molar-refractivity contribution in [1.29, 1.82) is 0 Å². The topological polar surface area (TPSA) is 66.5 Å². The average molecular weight is 233 g/mol. The number of nitrogens with one attached hydrogen (secondary N) is 2. The minimum absolute atomic E-state index is 0.835. The van der Waals surface area contributed by atoms with Crippen molar-refractivity contribution < 1.29 is 0 Å². The second-order valence-electron chi connectivity index (χ2n) is 4.11. The highest BCUT2D eigenvalue weighted by molar-refractivity contribution is 5.86. The number of hydrogen-bond donors (Lipinski definition) is 2. The summed E-state index contributed by atoms with van der Waals surface area (Å²) in [6, 6.07) is 0. The van der Waals surface area contributed by atoms with E-state index in [-0.39, 0.29) is 0 Å². The number of unbranched alkanes of at least 4 members (excludes halogenated alkanes) is 2. The van der Waals surface area contributed by atoms with Crippen molar-refractivity contribution in [3.8, 4) is 0 Å². The van der Waals surface area contributed by atoms with Gasteiger partial charge in [0.05, 0.1) is 5.69 Å². The van der Waals surface area contributed by atoms with E-state index in [4.69, 9.17) is 0 Å². The summed E-state index contributed by atoms with van der Waals surface area (Å²) in [6.07, 6.45) is 6.13. The first-order valence-electron chi connectivity index (χ1n) is 6.28. The van der Waals surface area contributed by atoms with E-state index in [1.807, 2.05) is 0 Å². The Kier molecular flexibility index (Phi) is 3.90. The normalized spacial score (nSPS) is 10.9. The largest absolute Gasteiger partial charge is 0.368 e. The Morgan fingerprint density at radius 3 is 2.82 bits per heavy atom. The second kappa shape index (κ2) is 5.61. The first-order valence-corrected chi connectivity index (χ1v) is 6.28. The SMILES string of the molecule is CCCCCNc1ncnc2c(CC)[nH]nc12. The monoisotopic (exact) mass is 233 g/mol. The van der Waals surface area contributed by atoms with Crippen LogP contribution in [0.4, 0.5) is 5.82 Å². The second-order valence-corrected chi connectivity index (χ2v) is 4.11. The molecule has 2 N–H and O–H groups in total. The van der Waals surface area contributed by atoms with Crippen molar-refractivity contribution in [1.82, 2.24) is 20.2 Å². The van der Waals surface area contributed by atoms with Crippen LogP contribution in [0.2, 0.25) is 0 Å². The summed E-state index contributed by atoms with van der Waals surface area (Å²) in [5.41, 5.74) is 2.85. The van der Waals surface area contributed by atoms with Crippen LogP contribution < -0.4 is 5.32 Å². The Bertz CT molecular complexity index is 477. The van der Waals surface area contributed by atoms with E-state index in [1.54, 1.807) is 6.33 Å². The molecule has 17 heavy (non-hydrogen) atoms. The number of rotatable bonds is 6. The maximum Gasteiger partial charge on any atom is 0.157 e. The molecule has 0 aromatic carbocycles. The van der Waals surface area contributed by atoms with Gasteiger partial charge >= 0.3 is 0 Å². The van der Waals surface area contributed by atoms with Gasteiger partial charge in [0.2, 0.25) is 0 Å². The minimum Gasteiger partial charge on any atom is -0.368 e. The number of aryl methyl sites for hydroxylation is 1. The van der Waals surface area contributed by atoms with E-state index >= 15 is 0 Å². The summed E-state index contributed by atoms with van der Waals surface area (Å²) >= 11 is 0. The molecule has 0 saturated heterocycles. The Morgan fingerprint density at radius 1 is 1.18 bits per heavy atom. The highest BCUT2D eigenvalue weighted by Crippen LogP contribution is 2.19. The van der Waals surface area contributed by atoms with Gasteiger partial charge in [-0.2, -0.15) is 5.10 Å². The predicted octanol–water partition coefficient (Wildman–Crippen LogP) is 2.52. The molecule has 0 saturated carbocycles. The molecule has 5 heteroatoms. The maximum atomic E-state index is 4.28. The van der Waals surface area contributed by atoms with Gasteiger partial charge in [-0.15, -0.1) is 0 Å². The van der Waals surface area contributed by atoms with Crippen molar-refractivity contribution in [3.63, 3.8) is 0 Å². The summed E-state index contributed by atoms with van der Waals surface area (Å²) in [7, 11) is 0. The highest BCUT2D eigenvalue weighted by atomic mass is 15.2. The lowest BCUT2D eigenvalue weighted by Gasteiger charge is -2.04. The van der Waals surface area contributed by atoms with Gasteiger partial charge in [0.25, 0.3) is 0 Å². The van der Waals surface area contributed by atoms with E-state index < -0.39 is 0 Å². The Labute approximate surface area is 101 Å². The zero-order valence-corrected chi connectivity index (χ0v) is 10.5. The van der Waals surface area contributed by atoms with Crippen LogP contribution in [0.5, 0.6) is 0 Å². The molecule has 0 atom stereocenters. The van der Waals surface area contributed by atoms with Crippen molar-refractivity contribution in [2.75, 3.05) is 11.9 Å². The van der Waals surface area contributed by atoms with E-state index in [0.29, 0.717) is 0 Å². The number of H-pyrrole nitrogens is 1. The number of nitrogens with zero attached hydrogens (tertiary/aromatic N) is 3. The third kappa shape index (κ3) is 2.54. The molecule has 2 aromatic rings. The van der Waals surface area contributed by atoms with Gasteiger partial charge in [0, 0.05) is 6.54 Å². The molecule has 0 unspecified atom stereocenters. The summed E-state index contributed by atoms with van der Waals surface area (Å²) in [6.45, 7) is 5.22. The molecule has 2 rings (SSSR count). The van der Waals surface area contributed by atoms with E-state index in [2.05, 4.69) is 39.3 Å². The molecule has 0 aliphatic carbocycles. The predicted molar refractivity (Wildman–Crippen MR) is 69.1 cm³/mol. The lowest BCUT2D eigenvalue weighted by atomic mass is 10.2. The molecule has 92 valence electrons. The van der Waals surface area contributed by atoms with Crippen LogP contribution in [-0.4, -0.2) is 26.7 Å². The number of aromatic amines is 1. The molecule has 2 heterocycles. The van der Waals surface area contributed by atoms with E-state index in [9.17, 15) is 0 Å². The standard InChI is InChI=1S/C12H19N5/c1-3-5-6-7-13-12-11-10(14-8-15-12)9(4-2)16-17-11/h8H,3-7H2,1-2H3,(H,16,17)(H,13,14,15). The Balaban J connectivity index is 2.14. The van der Waals surface area contributed by atoms with Crippen molar-refractivity contribution in [3.05, 3.63) is 12.0 Å². The fourth-order valence-electron chi connectivity index (χ4n) is 1.84. The summed E-state index contributed by atoms with van der Waals surface area (Å²) in [5.74, 6) is 0.835. The number of aromatic nitrogens is 4. The first kappa shape index (κ1) is 11.8. The minimum atomic E-state index is 0.835. The molecule has 0 aliphatic rings. The Hall–Kier alpha value is -1.65. The smallest absolute Gasteiger partial charge is 0.157 e. The van der Waals surface area contributed by atoms with Crippen LogP contribution in [-0.2, 0) is 6.42 Å². The van der Waals surface area contributed by atoms with Gasteiger partial charge in [-0.25, -0.2) is 9.97 Å². The van der Waals surface area contributed by atoms with Crippen LogP contribution >= 0.6 is 0 Å². The molecular weight excluding hydrogens is 214 g/mol. The molecule has 0 fully saturated rings. The van der Waals surface area contributed by atoms with Crippen LogP contribution in [0.1, 0.15) is 38.8 Å². The third-order valence-corrected chi connectivity index (χ3v) is 2.84. The third-order valence-electron chi connectivity index (χ3n) is 2.84. The Morgan fingerprint density at radius 2 is 2.06 bits per heavy atom. The molecule has 0 amide bonds. The van der Waals surface area contributed by atoms with E-state index in [0.717, 1.165) is 41.9 Å². The molecule has 0 spiro atoms. The lowest BCUT2D eigenvalue weighted by Crippen LogP contribution is -2.04. The van der Waals surface area contributed by atoms with Crippen molar-refractivity contribution >= 4 is 16.9 Å². The zero-order valence-electron chi connectivity index (χ0n) is 10.5. The highest BCUT2D eigenvalue weighted by Gasteiger charge is 2.09. The van der Waals surface area contributed by atoms with Gasteiger partial charge in [-0.1, -0.05) is 26.7 Å². The van der Waals surface area contributed by atoms with Crippen LogP contribution in [0, 0.1) is 0 Å². The van der Waals surface area contributed by atoms with Gasteiger partial charge in [0.15, 0.2) is 11.3 Å². The van der Waals surface area contributed by atoms with Gasteiger partial charge in [-0.3, -0.25) is 5.10 Å². The van der Waals surface area contributed by atoms with E-state index in [1.165, 1.54) is 12.8 Å². The molecule has 2 aromatic heterocycles. The lowest BCUT2D eigenvalue weighted by molar-refractivity contribution is 0.742. The molecule has 0 aliphatic heterocycles. The summed E-state index contributed by atoms with van der Waals surface area (Å²) in [4.78, 5) is 8.52.